The van der Waals surface area contributed by atoms with Gasteiger partial charge >= 0.3 is 0 Å². The molecule has 0 saturated carbocycles. The van der Waals surface area contributed by atoms with E-state index in [1.54, 1.807) is 18.5 Å². The Labute approximate surface area is 120 Å². The molecule has 5 heteroatoms. The number of hydrogen-bond donors (Lipinski definition) is 1. The summed E-state index contributed by atoms with van der Waals surface area (Å²) in [4.78, 5) is 8.14. The highest BCUT2D eigenvalue weighted by Gasteiger charge is 2.18. The molecule has 0 bridgehead atoms. The van der Waals surface area contributed by atoms with Gasteiger partial charge in [0, 0.05) is 22.4 Å². The van der Waals surface area contributed by atoms with E-state index in [0.29, 0.717) is 5.56 Å². The highest BCUT2D eigenvalue weighted by molar-refractivity contribution is 9.10. The minimum Gasteiger partial charge on any atom is -0.305 e. The largest absolute Gasteiger partial charge is 0.305 e. The normalized spacial score (nSPS) is 12.4. The number of pyridine rings is 2. The molecule has 0 spiro atoms. The molecule has 0 aliphatic heterocycles. The summed E-state index contributed by atoms with van der Waals surface area (Å²) < 4.78 is 14.8. The molecule has 1 N–H and O–H groups in total. The van der Waals surface area contributed by atoms with Crippen molar-refractivity contribution in [2.75, 3.05) is 6.54 Å². The highest BCUT2D eigenvalue weighted by atomic mass is 79.9. The lowest BCUT2D eigenvalue weighted by atomic mass is 10.0. The van der Waals surface area contributed by atoms with E-state index in [2.05, 4.69) is 38.1 Å². The quantitative estimate of drug-likeness (QED) is 0.915. The molecule has 0 amide bonds. The Balaban J connectivity index is 2.35. The van der Waals surface area contributed by atoms with Crippen molar-refractivity contribution in [1.82, 2.24) is 15.3 Å². The van der Waals surface area contributed by atoms with Crippen LogP contribution in [0.1, 0.15) is 30.6 Å². The summed E-state index contributed by atoms with van der Waals surface area (Å²) in [5, 5.41) is 3.32. The average Bonchev–Trinajstić information content (AvgIpc) is 2.43. The molecule has 1 unspecified atom stereocenters. The van der Waals surface area contributed by atoms with Gasteiger partial charge in [-0.3, -0.25) is 9.97 Å². The summed E-state index contributed by atoms with van der Waals surface area (Å²) in [5.74, 6) is -0.319. The second kappa shape index (κ2) is 6.73. The summed E-state index contributed by atoms with van der Waals surface area (Å²) in [6.07, 6.45) is 5.52. The van der Waals surface area contributed by atoms with Crippen LogP contribution in [0.5, 0.6) is 0 Å². The molecule has 2 aromatic rings. The van der Waals surface area contributed by atoms with Crippen LogP contribution < -0.4 is 5.32 Å². The van der Waals surface area contributed by atoms with Crippen molar-refractivity contribution in [3.8, 4) is 0 Å². The van der Waals surface area contributed by atoms with Gasteiger partial charge in [0.25, 0.3) is 0 Å². The van der Waals surface area contributed by atoms with Crippen LogP contribution in [0, 0.1) is 5.82 Å². The highest BCUT2D eigenvalue weighted by Crippen LogP contribution is 2.23. The molecule has 100 valence electrons. The van der Waals surface area contributed by atoms with Gasteiger partial charge in [-0.1, -0.05) is 6.92 Å². The third-order valence-corrected chi connectivity index (χ3v) is 3.23. The number of nitrogens with one attached hydrogen (secondary N) is 1. The second-order valence-electron chi connectivity index (χ2n) is 4.19. The standard InChI is InChI=1S/C14H15BrFN3/c1-2-6-18-14(11-5-7-17-9-12(11)16)13-4-3-10(15)8-19-13/h3-5,7-9,14,18H,2,6H2,1H3. The molecule has 0 saturated heterocycles. The lowest BCUT2D eigenvalue weighted by molar-refractivity contribution is 0.536. The van der Waals surface area contributed by atoms with E-state index >= 15 is 0 Å². The predicted molar refractivity (Wildman–Crippen MR) is 76.3 cm³/mol. The van der Waals surface area contributed by atoms with Crippen molar-refractivity contribution in [3.05, 3.63) is 58.3 Å². The molecule has 0 aromatic carbocycles. The smallest absolute Gasteiger partial charge is 0.146 e. The first kappa shape index (κ1) is 14.1. The Morgan fingerprint density at radius 3 is 2.79 bits per heavy atom. The first-order valence-corrected chi connectivity index (χ1v) is 6.96. The maximum absolute atomic E-state index is 13.9. The summed E-state index contributed by atoms with van der Waals surface area (Å²) in [7, 11) is 0. The first-order valence-electron chi connectivity index (χ1n) is 6.16. The van der Waals surface area contributed by atoms with Gasteiger partial charge in [0.05, 0.1) is 17.9 Å². The molecule has 0 fully saturated rings. The van der Waals surface area contributed by atoms with E-state index in [4.69, 9.17) is 0 Å². The SMILES string of the molecule is CCCNC(c1ccc(Br)cn1)c1ccncc1F. The maximum Gasteiger partial charge on any atom is 0.146 e. The van der Waals surface area contributed by atoms with Gasteiger partial charge in [0.1, 0.15) is 5.82 Å². The molecule has 0 radical (unpaired) electrons. The van der Waals surface area contributed by atoms with Gasteiger partial charge < -0.3 is 5.32 Å². The third-order valence-electron chi connectivity index (χ3n) is 2.76. The molecule has 2 rings (SSSR count). The number of nitrogens with zero attached hydrogens (tertiary/aromatic N) is 2. The van der Waals surface area contributed by atoms with Gasteiger partial charge in [-0.25, -0.2) is 4.39 Å². The van der Waals surface area contributed by atoms with Crippen molar-refractivity contribution in [3.63, 3.8) is 0 Å². The average molecular weight is 324 g/mol. The Morgan fingerprint density at radius 2 is 2.16 bits per heavy atom. The lowest BCUT2D eigenvalue weighted by Crippen LogP contribution is -2.25. The van der Waals surface area contributed by atoms with Gasteiger partial charge in [-0.2, -0.15) is 0 Å². The summed E-state index contributed by atoms with van der Waals surface area (Å²) in [5.41, 5.74) is 1.36. The van der Waals surface area contributed by atoms with E-state index in [1.165, 1.54) is 6.20 Å². The summed E-state index contributed by atoms with van der Waals surface area (Å²) in [6.45, 7) is 2.87. The third kappa shape index (κ3) is 3.58. The fourth-order valence-corrected chi connectivity index (χ4v) is 2.08. The van der Waals surface area contributed by atoms with Crippen molar-refractivity contribution < 1.29 is 4.39 Å². The zero-order chi connectivity index (χ0) is 13.7. The molecule has 0 aliphatic carbocycles. The van der Waals surface area contributed by atoms with Gasteiger partial charge in [-0.15, -0.1) is 0 Å². The molecular formula is C14H15BrFN3. The van der Waals surface area contributed by atoms with E-state index < -0.39 is 0 Å². The van der Waals surface area contributed by atoms with Gasteiger partial charge in [-0.05, 0) is 47.1 Å². The maximum atomic E-state index is 13.9. The Hall–Kier alpha value is -1.33. The van der Waals surface area contributed by atoms with Gasteiger partial charge in [0.15, 0.2) is 0 Å². The summed E-state index contributed by atoms with van der Waals surface area (Å²) >= 11 is 3.35. The van der Waals surface area contributed by atoms with Crippen LogP contribution in [-0.4, -0.2) is 16.5 Å². The van der Waals surface area contributed by atoms with Crippen LogP contribution in [0.3, 0.4) is 0 Å². The van der Waals surface area contributed by atoms with E-state index in [9.17, 15) is 4.39 Å². The van der Waals surface area contributed by atoms with Crippen LogP contribution in [-0.2, 0) is 0 Å². The zero-order valence-corrected chi connectivity index (χ0v) is 12.2. The molecule has 19 heavy (non-hydrogen) atoms. The first-order chi connectivity index (χ1) is 9.22. The lowest BCUT2D eigenvalue weighted by Gasteiger charge is -2.19. The van der Waals surface area contributed by atoms with Crippen LogP contribution in [0.25, 0.3) is 0 Å². The fourth-order valence-electron chi connectivity index (χ4n) is 1.84. The molecule has 0 aliphatic rings. The molecule has 3 nitrogen and oxygen atoms in total. The van der Waals surface area contributed by atoms with Crippen LogP contribution >= 0.6 is 15.9 Å². The number of hydrogen-bond acceptors (Lipinski definition) is 3. The van der Waals surface area contributed by atoms with Crippen LogP contribution in [0.4, 0.5) is 4.39 Å². The Morgan fingerprint density at radius 1 is 1.32 bits per heavy atom. The van der Waals surface area contributed by atoms with Crippen molar-refractivity contribution >= 4 is 15.9 Å². The topological polar surface area (TPSA) is 37.8 Å². The monoisotopic (exact) mass is 323 g/mol. The van der Waals surface area contributed by atoms with Crippen LogP contribution in [0.2, 0.25) is 0 Å². The van der Waals surface area contributed by atoms with E-state index in [0.717, 1.165) is 23.1 Å². The minimum absolute atomic E-state index is 0.254. The molecule has 2 aromatic heterocycles. The fraction of sp³-hybridized carbons (Fsp3) is 0.286. The van der Waals surface area contributed by atoms with Crippen molar-refractivity contribution in [1.29, 1.82) is 0 Å². The number of aromatic nitrogens is 2. The van der Waals surface area contributed by atoms with Crippen LogP contribution in [0.15, 0.2) is 41.3 Å². The van der Waals surface area contributed by atoms with E-state index in [-0.39, 0.29) is 11.9 Å². The van der Waals surface area contributed by atoms with E-state index in [1.807, 2.05) is 12.1 Å². The number of halogens is 2. The second-order valence-corrected chi connectivity index (χ2v) is 5.10. The minimum atomic E-state index is -0.319. The molecule has 2 heterocycles. The molecular weight excluding hydrogens is 309 g/mol. The Kier molecular flexibility index (Phi) is 4.99. The van der Waals surface area contributed by atoms with Crippen molar-refractivity contribution in [2.24, 2.45) is 0 Å². The Bertz CT molecular complexity index is 530. The zero-order valence-electron chi connectivity index (χ0n) is 10.6. The summed E-state index contributed by atoms with van der Waals surface area (Å²) in [6, 6.07) is 5.22. The van der Waals surface area contributed by atoms with Crippen molar-refractivity contribution in [2.45, 2.75) is 19.4 Å². The predicted octanol–water partition coefficient (Wildman–Crippen LogP) is 3.47. The van der Waals surface area contributed by atoms with Gasteiger partial charge in [0.2, 0.25) is 0 Å². The number of rotatable bonds is 5. The molecule has 1 atom stereocenters.